The Bertz CT molecular complexity index is 1700. The van der Waals surface area contributed by atoms with Gasteiger partial charge in [-0.05, 0) is 52.3 Å². The van der Waals surface area contributed by atoms with Crippen molar-refractivity contribution >= 4 is 11.9 Å². The van der Waals surface area contributed by atoms with Gasteiger partial charge < -0.3 is 10.4 Å². The topological polar surface area (TPSA) is 92.2 Å². The van der Waals surface area contributed by atoms with E-state index < -0.39 is 17.9 Å². The van der Waals surface area contributed by atoms with E-state index in [4.69, 9.17) is 0 Å². The predicted molar refractivity (Wildman–Crippen MR) is 171 cm³/mol. The van der Waals surface area contributed by atoms with Crippen molar-refractivity contribution in [3.05, 3.63) is 132 Å². The van der Waals surface area contributed by atoms with Gasteiger partial charge >= 0.3 is 5.97 Å². The van der Waals surface area contributed by atoms with Crippen LogP contribution in [0.2, 0.25) is 0 Å². The molecule has 0 bridgehead atoms. The van der Waals surface area contributed by atoms with Crippen molar-refractivity contribution in [2.45, 2.75) is 45.6 Å². The van der Waals surface area contributed by atoms with Crippen LogP contribution in [0.3, 0.4) is 0 Å². The van der Waals surface area contributed by atoms with Crippen molar-refractivity contribution in [2.75, 3.05) is 0 Å². The lowest BCUT2D eigenvalue weighted by Crippen LogP contribution is -2.42. The van der Waals surface area contributed by atoms with Gasteiger partial charge in [-0.15, -0.1) is 0 Å². The van der Waals surface area contributed by atoms with Crippen LogP contribution in [0.15, 0.2) is 109 Å². The fourth-order valence-corrected chi connectivity index (χ4v) is 4.82. The minimum Gasteiger partial charge on any atom is -0.480 e. The second kappa shape index (κ2) is 12.4. The van der Waals surface area contributed by atoms with E-state index in [1.54, 1.807) is 24.5 Å². The molecule has 4 aromatic carbocycles. The molecule has 0 spiro atoms. The quantitative estimate of drug-likeness (QED) is 0.202. The van der Waals surface area contributed by atoms with Crippen LogP contribution in [0.25, 0.3) is 33.6 Å². The predicted octanol–water partition coefficient (Wildman–Crippen LogP) is 7.51. The minimum atomic E-state index is -1.09. The van der Waals surface area contributed by atoms with Crippen LogP contribution in [-0.4, -0.2) is 33.0 Å². The van der Waals surface area contributed by atoms with Crippen LogP contribution in [0, 0.1) is 6.92 Å². The summed E-state index contributed by atoms with van der Waals surface area (Å²) < 4.78 is 0. The average Bonchev–Trinajstić information content (AvgIpc) is 3.01. The molecule has 43 heavy (non-hydrogen) atoms. The van der Waals surface area contributed by atoms with Crippen LogP contribution >= 0.6 is 0 Å². The van der Waals surface area contributed by atoms with E-state index in [2.05, 4.69) is 91.5 Å². The van der Waals surface area contributed by atoms with Crippen molar-refractivity contribution < 1.29 is 14.7 Å². The third-order valence-corrected chi connectivity index (χ3v) is 7.52. The second-order valence-electron chi connectivity index (χ2n) is 11.8. The highest BCUT2D eigenvalue weighted by Gasteiger charge is 2.22. The van der Waals surface area contributed by atoms with Gasteiger partial charge in [0.15, 0.2) is 5.82 Å². The number of carbonyl (C=O) groups is 2. The lowest BCUT2D eigenvalue weighted by Gasteiger charge is -2.19. The number of carbonyl (C=O) groups excluding carboxylic acids is 1. The molecule has 216 valence electrons. The standard InChI is InChI=1S/C37H35N3O3/c1-24-5-9-26(10-6-24)27-13-15-28(16-14-27)31-22-38-34(39-23-31)29-11-7-25(8-12-29)21-33(36(42)43)40-35(41)30-17-19-32(20-18-30)37(2,3)4/h5-20,22-23,33H,21H2,1-4H3,(H,40,41)(H,42,43)/t33-/m0/s1. The van der Waals surface area contributed by atoms with Gasteiger partial charge in [0.1, 0.15) is 6.04 Å². The third-order valence-electron chi connectivity index (χ3n) is 7.52. The number of hydrogen-bond donors (Lipinski definition) is 2. The van der Waals surface area contributed by atoms with Gasteiger partial charge in [-0.3, -0.25) is 4.79 Å². The van der Waals surface area contributed by atoms with Gasteiger partial charge in [0, 0.05) is 35.5 Å². The van der Waals surface area contributed by atoms with Gasteiger partial charge in [-0.25, -0.2) is 14.8 Å². The number of carboxylic acid groups (broad SMARTS) is 1. The zero-order chi connectivity index (χ0) is 30.6. The van der Waals surface area contributed by atoms with Crippen LogP contribution in [0.5, 0.6) is 0 Å². The summed E-state index contributed by atoms with van der Waals surface area (Å²) in [5.41, 5.74) is 8.61. The van der Waals surface area contributed by atoms with Crippen molar-refractivity contribution in [1.29, 1.82) is 0 Å². The number of nitrogens with zero attached hydrogens (tertiary/aromatic N) is 2. The largest absolute Gasteiger partial charge is 0.480 e. The Kier molecular flexibility index (Phi) is 8.48. The van der Waals surface area contributed by atoms with Crippen LogP contribution in [-0.2, 0) is 16.6 Å². The third kappa shape index (κ3) is 7.22. The number of aliphatic carboxylic acids is 1. The van der Waals surface area contributed by atoms with Crippen molar-refractivity contribution in [3.63, 3.8) is 0 Å². The number of aromatic nitrogens is 2. The highest BCUT2D eigenvalue weighted by atomic mass is 16.4. The Morgan fingerprint density at radius 3 is 1.70 bits per heavy atom. The van der Waals surface area contributed by atoms with Crippen LogP contribution < -0.4 is 5.32 Å². The summed E-state index contributed by atoms with van der Waals surface area (Å²) in [5, 5.41) is 12.4. The Balaban J connectivity index is 1.22. The highest BCUT2D eigenvalue weighted by molar-refractivity contribution is 5.96. The molecule has 0 aliphatic heterocycles. The highest BCUT2D eigenvalue weighted by Crippen LogP contribution is 2.26. The number of carboxylic acids is 1. The molecule has 6 nitrogen and oxygen atoms in total. The average molecular weight is 570 g/mol. The normalized spacial score (nSPS) is 12.0. The monoisotopic (exact) mass is 569 g/mol. The molecule has 1 heterocycles. The Hall–Kier alpha value is -5.10. The van der Waals surface area contributed by atoms with E-state index in [0.717, 1.165) is 33.4 Å². The molecule has 1 amide bonds. The molecule has 0 fully saturated rings. The molecule has 5 aromatic rings. The number of rotatable bonds is 8. The van der Waals surface area contributed by atoms with Gasteiger partial charge in [0.2, 0.25) is 0 Å². The molecular formula is C37H35N3O3. The maximum atomic E-state index is 12.8. The zero-order valence-corrected chi connectivity index (χ0v) is 24.8. The summed E-state index contributed by atoms with van der Waals surface area (Å²) in [5.74, 6) is -0.925. The summed E-state index contributed by atoms with van der Waals surface area (Å²) in [6, 6.07) is 30.4. The zero-order valence-electron chi connectivity index (χ0n) is 24.8. The molecule has 0 saturated carbocycles. The molecule has 1 aromatic heterocycles. The van der Waals surface area contributed by atoms with E-state index in [1.165, 1.54) is 11.1 Å². The van der Waals surface area contributed by atoms with Gasteiger partial charge in [-0.2, -0.15) is 0 Å². The molecular weight excluding hydrogens is 534 g/mol. The Labute approximate surface area is 252 Å². The van der Waals surface area contributed by atoms with Crippen LogP contribution in [0.4, 0.5) is 0 Å². The van der Waals surface area contributed by atoms with Gasteiger partial charge in [-0.1, -0.05) is 111 Å². The number of hydrogen-bond acceptors (Lipinski definition) is 4. The van der Waals surface area contributed by atoms with E-state index >= 15 is 0 Å². The summed E-state index contributed by atoms with van der Waals surface area (Å²) in [6.07, 6.45) is 3.77. The van der Waals surface area contributed by atoms with E-state index in [9.17, 15) is 14.7 Å². The first-order chi connectivity index (χ1) is 20.6. The molecule has 5 rings (SSSR count). The maximum Gasteiger partial charge on any atom is 0.326 e. The number of aryl methyl sites for hydroxylation is 1. The summed E-state index contributed by atoms with van der Waals surface area (Å²) >= 11 is 0. The number of benzene rings is 4. The first kappa shape index (κ1) is 29.4. The fraction of sp³-hybridized carbons (Fsp3) is 0.189. The molecule has 0 radical (unpaired) electrons. The van der Waals surface area contributed by atoms with E-state index in [0.29, 0.717) is 11.4 Å². The maximum absolute atomic E-state index is 12.8. The lowest BCUT2D eigenvalue weighted by molar-refractivity contribution is -0.139. The second-order valence-corrected chi connectivity index (χ2v) is 11.8. The molecule has 1 atom stereocenters. The summed E-state index contributed by atoms with van der Waals surface area (Å²) in [4.78, 5) is 33.9. The Morgan fingerprint density at radius 2 is 1.19 bits per heavy atom. The summed E-state index contributed by atoms with van der Waals surface area (Å²) in [7, 11) is 0. The number of amides is 1. The first-order valence-corrected chi connectivity index (χ1v) is 14.3. The lowest BCUT2D eigenvalue weighted by atomic mass is 9.86. The molecule has 0 saturated heterocycles. The molecule has 0 aliphatic carbocycles. The molecule has 6 heteroatoms. The number of nitrogens with one attached hydrogen (secondary N) is 1. The van der Waals surface area contributed by atoms with Crippen LogP contribution in [0.1, 0.15) is 47.8 Å². The Morgan fingerprint density at radius 1 is 0.698 bits per heavy atom. The van der Waals surface area contributed by atoms with E-state index in [1.807, 2.05) is 36.4 Å². The molecule has 2 N–H and O–H groups in total. The van der Waals surface area contributed by atoms with Gasteiger partial charge in [0.05, 0.1) is 0 Å². The van der Waals surface area contributed by atoms with Crippen molar-refractivity contribution in [1.82, 2.24) is 15.3 Å². The summed E-state index contributed by atoms with van der Waals surface area (Å²) in [6.45, 7) is 8.38. The van der Waals surface area contributed by atoms with Gasteiger partial charge in [0.25, 0.3) is 5.91 Å². The smallest absolute Gasteiger partial charge is 0.326 e. The minimum absolute atomic E-state index is 0.0354. The molecule has 0 aliphatic rings. The van der Waals surface area contributed by atoms with Crippen molar-refractivity contribution in [3.8, 4) is 33.6 Å². The fourth-order valence-electron chi connectivity index (χ4n) is 4.82. The SMILES string of the molecule is Cc1ccc(-c2ccc(-c3cnc(-c4ccc(C[C@H](NC(=O)c5ccc(C(C)(C)C)cc5)C(=O)O)cc4)nc3)cc2)cc1. The van der Waals surface area contributed by atoms with Crippen molar-refractivity contribution in [2.24, 2.45) is 0 Å². The van der Waals surface area contributed by atoms with E-state index in [-0.39, 0.29) is 11.8 Å². The molecule has 0 unspecified atom stereocenters. The first-order valence-electron chi connectivity index (χ1n) is 14.3.